The zero-order chi connectivity index (χ0) is 26.1. The Labute approximate surface area is 222 Å². The molecule has 1 spiro atoms. The average Bonchev–Trinajstić information content (AvgIpc) is 3.68. The molecule has 6 rings (SSSR count). The van der Waals surface area contributed by atoms with E-state index in [9.17, 15) is 4.79 Å². The molecule has 3 aliphatic rings. The van der Waals surface area contributed by atoms with Gasteiger partial charge in [0.2, 0.25) is 0 Å². The molecule has 4 heterocycles. The van der Waals surface area contributed by atoms with Crippen molar-refractivity contribution in [3.05, 3.63) is 54.4 Å². The molecule has 2 aliphatic heterocycles. The number of anilines is 4. The van der Waals surface area contributed by atoms with Crippen LogP contribution < -0.4 is 21.3 Å². The third kappa shape index (κ3) is 5.27. The standard InChI is InChI=1S/C28H34N8O2/c1-35-13-15-36(16-14-35)21-7-5-19(6-8-21)31-27-24(25(29)37)33-23(22-4-2-3-12-30-22)26(34-27)32-20-9-17-38-28(18-20)10-11-28/h2-8,12,20H,9-11,13-18H2,1H3,(H2,29,37)(H2,31,32,34). The smallest absolute Gasteiger partial charge is 0.271 e. The third-order valence-corrected chi connectivity index (χ3v) is 7.68. The minimum absolute atomic E-state index is 0.00820. The van der Waals surface area contributed by atoms with Gasteiger partial charge in [0, 0.05) is 56.4 Å². The van der Waals surface area contributed by atoms with Crippen molar-refractivity contribution in [3.8, 4) is 11.4 Å². The highest BCUT2D eigenvalue weighted by molar-refractivity contribution is 5.97. The van der Waals surface area contributed by atoms with Crippen molar-refractivity contribution >= 4 is 28.9 Å². The lowest BCUT2D eigenvalue weighted by atomic mass is 10.0. The Kier molecular flexibility index (Phi) is 6.59. The van der Waals surface area contributed by atoms with Crippen LogP contribution in [0.25, 0.3) is 11.4 Å². The van der Waals surface area contributed by atoms with Gasteiger partial charge in [0.1, 0.15) is 5.69 Å². The fourth-order valence-electron chi connectivity index (χ4n) is 5.27. The van der Waals surface area contributed by atoms with Crippen molar-refractivity contribution in [2.75, 3.05) is 55.4 Å². The molecule has 1 aromatic carbocycles. The molecule has 1 unspecified atom stereocenters. The Hall–Kier alpha value is -3.76. The summed E-state index contributed by atoms with van der Waals surface area (Å²) >= 11 is 0. The van der Waals surface area contributed by atoms with E-state index in [4.69, 9.17) is 15.5 Å². The Morgan fingerprint density at radius 3 is 2.53 bits per heavy atom. The number of benzene rings is 1. The number of nitrogens with zero attached hydrogens (tertiary/aromatic N) is 5. The van der Waals surface area contributed by atoms with Gasteiger partial charge in [0.05, 0.1) is 11.3 Å². The third-order valence-electron chi connectivity index (χ3n) is 7.68. The number of nitrogens with one attached hydrogen (secondary N) is 2. The summed E-state index contributed by atoms with van der Waals surface area (Å²) in [5, 5.41) is 6.88. The second kappa shape index (κ2) is 10.2. The van der Waals surface area contributed by atoms with Crippen LogP contribution in [0.1, 0.15) is 36.2 Å². The molecule has 3 aromatic rings. The maximum absolute atomic E-state index is 12.5. The Balaban J connectivity index is 1.30. The normalized spacial score (nSPS) is 20.8. The first-order chi connectivity index (χ1) is 18.5. The zero-order valence-corrected chi connectivity index (χ0v) is 21.7. The SMILES string of the molecule is CN1CCN(c2ccc(Nc3nc(NC4CCOC5(CC5)C4)c(-c4ccccn4)nc3C(N)=O)cc2)CC1. The van der Waals surface area contributed by atoms with Gasteiger partial charge >= 0.3 is 0 Å². The van der Waals surface area contributed by atoms with Gasteiger partial charge in [0.25, 0.3) is 5.91 Å². The van der Waals surface area contributed by atoms with Crippen LogP contribution in [0.4, 0.5) is 23.0 Å². The van der Waals surface area contributed by atoms with Crippen molar-refractivity contribution < 1.29 is 9.53 Å². The monoisotopic (exact) mass is 514 g/mol. The van der Waals surface area contributed by atoms with Crippen LogP contribution in [-0.4, -0.2) is 77.2 Å². The minimum atomic E-state index is -0.652. The Bertz CT molecular complexity index is 1290. The molecule has 38 heavy (non-hydrogen) atoms. The van der Waals surface area contributed by atoms with Crippen LogP contribution in [0.2, 0.25) is 0 Å². The fourth-order valence-corrected chi connectivity index (χ4v) is 5.27. The molecule has 0 bridgehead atoms. The maximum Gasteiger partial charge on any atom is 0.271 e. The number of carbonyl (C=O) groups is 1. The maximum atomic E-state index is 12.5. The van der Waals surface area contributed by atoms with Gasteiger partial charge in [-0.2, -0.15) is 0 Å². The number of hydrogen-bond donors (Lipinski definition) is 3. The van der Waals surface area contributed by atoms with E-state index in [-0.39, 0.29) is 17.3 Å². The summed E-state index contributed by atoms with van der Waals surface area (Å²) in [6, 6.07) is 13.9. The van der Waals surface area contributed by atoms with Gasteiger partial charge in [-0.1, -0.05) is 6.07 Å². The molecule has 4 N–H and O–H groups in total. The summed E-state index contributed by atoms with van der Waals surface area (Å²) in [6.07, 6.45) is 5.69. The van der Waals surface area contributed by atoms with Crippen molar-refractivity contribution in [2.24, 2.45) is 5.73 Å². The van der Waals surface area contributed by atoms with Crippen LogP contribution in [-0.2, 0) is 4.74 Å². The number of rotatable bonds is 7. The topological polar surface area (TPSA) is 122 Å². The lowest BCUT2D eigenvalue weighted by Gasteiger charge is -2.34. The average molecular weight is 515 g/mol. The number of nitrogens with two attached hydrogens (primary N) is 1. The predicted molar refractivity (Wildman–Crippen MR) is 148 cm³/mol. The molecule has 1 aliphatic carbocycles. The van der Waals surface area contributed by atoms with E-state index in [1.165, 1.54) is 5.69 Å². The van der Waals surface area contributed by atoms with Crippen LogP contribution in [0, 0.1) is 0 Å². The van der Waals surface area contributed by atoms with Crippen LogP contribution in [0.15, 0.2) is 48.7 Å². The molecular weight excluding hydrogens is 480 g/mol. The van der Waals surface area contributed by atoms with E-state index in [0.717, 1.165) is 57.5 Å². The number of primary amides is 1. The molecule has 198 valence electrons. The second-order valence-electron chi connectivity index (χ2n) is 10.5. The highest BCUT2D eigenvalue weighted by Gasteiger charge is 2.47. The second-order valence-corrected chi connectivity index (χ2v) is 10.5. The van der Waals surface area contributed by atoms with Gasteiger partial charge in [-0.15, -0.1) is 0 Å². The summed E-state index contributed by atoms with van der Waals surface area (Å²) in [5.74, 6) is 0.244. The largest absolute Gasteiger partial charge is 0.375 e. The van der Waals surface area contributed by atoms with Gasteiger partial charge in [-0.3, -0.25) is 9.78 Å². The summed E-state index contributed by atoms with van der Waals surface area (Å²) in [7, 11) is 2.15. The molecule has 3 fully saturated rings. The summed E-state index contributed by atoms with van der Waals surface area (Å²) in [6.45, 7) is 4.80. The molecule has 2 aromatic heterocycles. The van der Waals surface area contributed by atoms with Crippen LogP contribution >= 0.6 is 0 Å². The molecule has 2 saturated heterocycles. The van der Waals surface area contributed by atoms with Gasteiger partial charge in [0.15, 0.2) is 17.3 Å². The fraction of sp³-hybridized carbons (Fsp3) is 0.429. The molecule has 10 heteroatoms. The van der Waals surface area contributed by atoms with Gasteiger partial charge < -0.3 is 30.9 Å². The number of carbonyl (C=O) groups excluding carboxylic acids is 1. The predicted octanol–water partition coefficient (Wildman–Crippen LogP) is 3.26. The number of ether oxygens (including phenoxy) is 1. The number of piperazine rings is 1. The van der Waals surface area contributed by atoms with E-state index in [1.807, 2.05) is 30.3 Å². The number of likely N-dealkylation sites (N-methyl/N-ethyl adjacent to an activating group) is 1. The molecule has 1 saturated carbocycles. The van der Waals surface area contributed by atoms with Gasteiger partial charge in [-0.05, 0) is 69.1 Å². The van der Waals surface area contributed by atoms with E-state index >= 15 is 0 Å². The molecule has 1 amide bonds. The van der Waals surface area contributed by atoms with E-state index < -0.39 is 5.91 Å². The highest BCUT2D eigenvalue weighted by atomic mass is 16.5. The lowest BCUT2D eigenvalue weighted by Crippen LogP contribution is -2.44. The molecule has 10 nitrogen and oxygen atoms in total. The summed E-state index contributed by atoms with van der Waals surface area (Å²) in [4.78, 5) is 31.2. The number of amides is 1. The molecular formula is C28H34N8O2. The van der Waals surface area contributed by atoms with Crippen LogP contribution in [0.5, 0.6) is 0 Å². The lowest BCUT2D eigenvalue weighted by molar-refractivity contribution is -0.00884. The van der Waals surface area contributed by atoms with E-state index in [2.05, 4.69) is 49.6 Å². The van der Waals surface area contributed by atoms with E-state index in [1.54, 1.807) is 6.20 Å². The van der Waals surface area contributed by atoms with E-state index in [0.29, 0.717) is 29.6 Å². The van der Waals surface area contributed by atoms with Crippen molar-refractivity contribution in [3.63, 3.8) is 0 Å². The Morgan fingerprint density at radius 1 is 1.05 bits per heavy atom. The van der Waals surface area contributed by atoms with Crippen LogP contribution in [0.3, 0.4) is 0 Å². The quantitative estimate of drug-likeness (QED) is 0.436. The summed E-state index contributed by atoms with van der Waals surface area (Å²) < 4.78 is 6.00. The Morgan fingerprint density at radius 2 is 1.84 bits per heavy atom. The number of pyridine rings is 1. The van der Waals surface area contributed by atoms with Crippen molar-refractivity contribution in [1.82, 2.24) is 19.9 Å². The first-order valence-corrected chi connectivity index (χ1v) is 13.3. The first-order valence-electron chi connectivity index (χ1n) is 13.3. The minimum Gasteiger partial charge on any atom is -0.375 e. The zero-order valence-electron chi connectivity index (χ0n) is 21.7. The van der Waals surface area contributed by atoms with Crippen molar-refractivity contribution in [1.29, 1.82) is 0 Å². The van der Waals surface area contributed by atoms with Crippen molar-refractivity contribution in [2.45, 2.75) is 37.3 Å². The first kappa shape index (κ1) is 24.6. The summed E-state index contributed by atoms with van der Waals surface area (Å²) in [5.41, 5.74) is 8.97. The number of aromatic nitrogens is 3. The molecule has 1 atom stereocenters. The molecule has 0 radical (unpaired) electrons. The number of hydrogen-bond acceptors (Lipinski definition) is 9. The van der Waals surface area contributed by atoms with Gasteiger partial charge in [-0.25, -0.2) is 9.97 Å². The highest BCUT2D eigenvalue weighted by Crippen LogP contribution is 2.47.